The maximum Gasteiger partial charge on any atom is 0.137 e. The zero-order chi connectivity index (χ0) is 22.7. The molecule has 3 heteroatoms. The molecule has 0 unspecified atom stereocenters. The van der Waals surface area contributed by atoms with E-state index in [-0.39, 0.29) is 0 Å². The second-order valence-electron chi connectivity index (χ2n) is 9.25. The minimum Gasteiger partial charge on any atom is -0.456 e. The van der Waals surface area contributed by atoms with E-state index in [1.54, 1.807) is 0 Å². The van der Waals surface area contributed by atoms with Gasteiger partial charge in [0, 0.05) is 41.7 Å². The molecule has 0 radical (unpaired) electrons. The Hall–Kier alpha value is -4.34. The van der Waals surface area contributed by atoms with Gasteiger partial charge in [0.15, 0.2) is 0 Å². The maximum atomic E-state index is 6.34. The Morgan fingerprint density at radius 1 is 0.371 bits per heavy atom. The molecule has 2 nitrogen and oxygen atoms in total. The maximum absolute atomic E-state index is 6.34. The molecule has 0 fully saturated rings. The summed E-state index contributed by atoms with van der Waals surface area (Å²) in [6.07, 6.45) is 0. The van der Waals surface area contributed by atoms with Gasteiger partial charge in [-0.15, -0.1) is 11.3 Å². The molecule has 162 valence electrons. The van der Waals surface area contributed by atoms with Gasteiger partial charge in [-0.2, -0.15) is 0 Å². The summed E-state index contributed by atoms with van der Waals surface area (Å²) in [7, 11) is 0. The minimum absolute atomic E-state index is 0.930. The Balaban J connectivity index is 1.61. The fraction of sp³-hybridized carbons (Fsp3) is 0. The fourth-order valence-electron chi connectivity index (χ4n) is 6.05. The highest BCUT2D eigenvalue weighted by Crippen LogP contribution is 2.46. The lowest BCUT2D eigenvalue weighted by Gasteiger charge is -2.06. The molecule has 0 spiro atoms. The van der Waals surface area contributed by atoms with Crippen LogP contribution in [0.25, 0.3) is 85.6 Å². The standard InChI is InChI=1S/C32H16O2S/c1-3-13-23-19(7-1)29-21-11-5-9-17-18-10-6-12-22-30-20-8-2-4-14-24(20)34-26(30)16-28(32(18)22)35-27(31(17)21)15-25(29)33-23/h1-16H. The Morgan fingerprint density at radius 3 is 1.31 bits per heavy atom. The largest absolute Gasteiger partial charge is 0.456 e. The Bertz CT molecular complexity index is 2160. The number of hydrogen-bond acceptors (Lipinski definition) is 3. The van der Waals surface area contributed by atoms with Crippen LogP contribution in [-0.4, -0.2) is 0 Å². The number of furan rings is 2. The van der Waals surface area contributed by atoms with E-state index in [0.29, 0.717) is 0 Å². The minimum atomic E-state index is 0.930. The van der Waals surface area contributed by atoms with Crippen LogP contribution >= 0.6 is 11.3 Å². The molecule has 9 aromatic rings. The van der Waals surface area contributed by atoms with Crippen LogP contribution in [0, 0.1) is 0 Å². The molecule has 0 bridgehead atoms. The van der Waals surface area contributed by atoms with E-state index < -0.39 is 0 Å². The van der Waals surface area contributed by atoms with Crippen molar-refractivity contribution in [3.05, 3.63) is 97.1 Å². The third-order valence-corrected chi connectivity index (χ3v) is 8.52. The quantitative estimate of drug-likeness (QED) is 0.223. The molecule has 9 rings (SSSR count). The predicted molar refractivity (Wildman–Crippen MR) is 149 cm³/mol. The average Bonchev–Trinajstić information content (AvgIpc) is 3.42. The predicted octanol–water partition coefficient (Wildman–Crippen LogP) is 10.2. The summed E-state index contributed by atoms with van der Waals surface area (Å²) in [5.74, 6) is 0. The van der Waals surface area contributed by atoms with Crippen molar-refractivity contribution >= 4 is 96.9 Å². The van der Waals surface area contributed by atoms with E-state index in [4.69, 9.17) is 8.83 Å². The summed E-state index contributed by atoms with van der Waals surface area (Å²) in [5.41, 5.74) is 3.73. The van der Waals surface area contributed by atoms with Gasteiger partial charge < -0.3 is 8.83 Å². The van der Waals surface area contributed by atoms with E-state index in [9.17, 15) is 0 Å². The van der Waals surface area contributed by atoms with Crippen LogP contribution in [0.2, 0.25) is 0 Å². The zero-order valence-corrected chi connectivity index (χ0v) is 19.3. The summed E-state index contributed by atoms with van der Waals surface area (Å²) >= 11 is 1.82. The topological polar surface area (TPSA) is 26.3 Å². The molecule has 0 atom stereocenters. The van der Waals surface area contributed by atoms with Crippen LogP contribution < -0.4 is 0 Å². The molecule has 3 aromatic heterocycles. The highest BCUT2D eigenvalue weighted by Gasteiger charge is 2.18. The fourth-order valence-corrected chi connectivity index (χ4v) is 7.26. The van der Waals surface area contributed by atoms with Crippen molar-refractivity contribution in [1.29, 1.82) is 0 Å². The average molecular weight is 465 g/mol. The molecular weight excluding hydrogens is 448 g/mol. The molecule has 0 saturated heterocycles. The van der Waals surface area contributed by atoms with Crippen LogP contribution in [0.3, 0.4) is 0 Å². The first kappa shape index (κ1) is 18.0. The van der Waals surface area contributed by atoms with Gasteiger partial charge >= 0.3 is 0 Å². The molecule has 0 N–H and O–H groups in total. The number of rotatable bonds is 0. The Morgan fingerprint density at radius 2 is 0.800 bits per heavy atom. The normalized spacial score (nSPS) is 12.6. The molecule has 0 saturated carbocycles. The van der Waals surface area contributed by atoms with Crippen molar-refractivity contribution in [2.75, 3.05) is 0 Å². The van der Waals surface area contributed by atoms with E-state index in [0.717, 1.165) is 22.3 Å². The number of fused-ring (bicyclic) bond motifs is 9. The summed E-state index contributed by atoms with van der Waals surface area (Å²) in [5, 5.41) is 12.3. The lowest BCUT2D eigenvalue weighted by Crippen LogP contribution is -1.79. The molecule has 6 aromatic carbocycles. The van der Waals surface area contributed by atoms with Crippen molar-refractivity contribution in [3.8, 4) is 0 Å². The summed E-state index contributed by atoms with van der Waals surface area (Å²) in [6.45, 7) is 0. The van der Waals surface area contributed by atoms with E-state index in [2.05, 4.69) is 84.9 Å². The first-order valence-electron chi connectivity index (χ1n) is 11.8. The smallest absolute Gasteiger partial charge is 0.137 e. The lowest BCUT2D eigenvalue weighted by atomic mass is 9.96. The zero-order valence-electron chi connectivity index (χ0n) is 18.5. The van der Waals surface area contributed by atoms with Crippen molar-refractivity contribution in [2.45, 2.75) is 0 Å². The highest BCUT2D eigenvalue weighted by molar-refractivity contribution is 7.25. The van der Waals surface area contributed by atoms with E-state index in [1.165, 1.54) is 63.3 Å². The van der Waals surface area contributed by atoms with Gasteiger partial charge in [-0.05, 0) is 45.8 Å². The van der Waals surface area contributed by atoms with Crippen molar-refractivity contribution in [2.24, 2.45) is 0 Å². The van der Waals surface area contributed by atoms with Gasteiger partial charge in [-0.25, -0.2) is 0 Å². The van der Waals surface area contributed by atoms with Crippen LogP contribution in [-0.2, 0) is 0 Å². The third kappa shape index (κ3) is 2.20. The third-order valence-electron chi connectivity index (χ3n) is 7.44. The van der Waals surface area contributed by atoms with Crippen molar-refractivity contribution < 1.29 is 8.83 Å². The second-order valence-corrected chi connectivity index (χ2v) is 10.3. The van der Waals surface area contributed by atoms with Crippen LogP contribution in [0.1, 0.15) is 0 Å². The van der Waals surface area contributed by atoms with Crippen LogP contribution in [0.15, 0.2) is 106 Å². The van der Waals surface area contributed by atoms with E-state index >= 15 is 0 Å². The van der Waals surface area contributed by atoms with Crippen LogP contribution in [0.5, 0.6) is 0 Å². The summed E-state index contributed by atoms with van der Waals surface area (Å²) in [6, 6.07) is 34.5. The van der Waals surface area contributed by atoms with Crippen LogP contribution in [0.4, 0.5) is 0 Å². The Labute approximate surface area is 202 Å². The van der Waals surface area contributed by atoms with Gasteiger partial charge in [0.1, 0.15) is 22.3 Å². The number of hydrogen-bond donors (Lipinski definition) is 0. The van der Waals surface area contributed by atoms with Crippen molar-refractivity contribution in [1.82, 2.24) is 0 Å². The monoisotopic (exact) mass is 464 g/mol. The summed E-state index contributed by atoms with van der Waals surface area (Å²) in [4.78, 5) is 0. The summed E-state index contributed by atoms with van der Waals surface area (Å²) < 4.78 is 15.1. The van der Waals surface area contributed by atoms with Gasteiger partial charge in [-0.1, -0.05) is 72.8 Å². The molecule has 35 heavy (non-hydrogen) atoms. The van der Waals surface area contributed by atoms with Gasteiger partial charge in [0.25, 0.3) is 0 Å². The Kier molecular flexibility index (Phi) is 3.20. The molecular formula is C32H16O2S. The molecule has 0 aliphatic carbocycles. The SMILES string of the molecule is c1ccc2c(c1)oc1cc3sc4cc5oc6ccccc6c5c5cccc(c6cccc(c12)c36)c45. The first-order valence-corrected chi connectivity index (χ1v) is 12.6. The second kappa shape index (κ2) is 6.21. The molecule has 0 aliphatic rings. The van der Waals surface area contributed by atoms with E-state index in [1.807, 2.05) is 23.5 Å². The first-order chi connectivity index (χ1) is 17.3. The highest BCUT2D eigenvalue weighted by atomic mass is 32.1. The van der Waals surface area contributed by atoms with Crippen molar-refractivity contribution in [3.63, 3.8) is 0 Å². The van der Waals surface area contributed by atoms with Gasteiger partial charge in [0.2, 0.25) is 0 Å². The van der Waals surface area contributed by atoms with Gasteiger partial charge in [-0.3, -0.25) is 0 Å². The molecule has 0 aliphatic heterocycles. The molecule has 3 heterocycles. The lowest BCUT2D eigenvalue weighted by molar-refractivity contribution is 0.669. The molecule has 0 amide bonds. The number of benzene rings is 6. The van der Waals surface area contributed by atoms with Gasteiger partial charge in [0.05, 0.1) is 0 Å². The number of para-hydroxylation sites is 2.